The molecule has 1 atom stereocenters. The lowest BCUT2D eigenvalue weighted by molar-refractivity contribution is -0.0497. The number of nitrogens with two attached hydrogens (primary N) is 1. The molecule has 3 nitrogen and oxygen atoms in total. The molecule has 0 aromatic heterocycles. The molecule has 27 heavy (non-hydrogen) atoms. The van der Waals surface area contributed by atoms with E-state index in [1.54, 1.807) is 0 Å². The summed E-state index contributed by atoms with van der Waals surface area (Å²) in [7, 11) is 0. The third-order valence-corrected chi connectivity index (χ3v) is 5.69. The van der Waals surface area contributed by atoms with Crippen LogP contribution in [0.4, 0.5) is 0 Å². The Morgan fingerprint density at radius 2 is 0.815 bits per heavy atom. The number of unbranched alkanes of at least 4 members (excludes halogenated alkanes) is 18. The molecule has 0 rings (SSSR count). The van der Waals surface area contributed by atoms with Crippen LogP contribution in [-0.4, -0.2) is 22.5 Å². The van der Waals surface area contributed by atoms with Crippen molar-refractivity contribution in [1.82, 2.24) is 0 Å². The van der Waals surface area contributed by atoms with Gasteiger partial charge in [0.25, 0.3) is 0 Å². The minimum atomic E-state index is -1.25. The van der Waals surface area contributed by atoms with Gasteiger partial charge in [0.05, 0.1) is 0 Å². The Kier molecular flexibility index (Phi) is 22.1. The number of rotatable bonds is 22. The first-order valence-corrected chi connectivity index (χ1v) is 12.3. The number of aliphatic hydroxyl groups is 2. The summed E-state index contributed by atoms with van der Waals surface area (Å²) in [6.07, 6.45) is 26.4. The zero-order valence-corrected chi connectivity index (χ0v) is 18.5. The van der Waals surface area contributed by atoms with Gasteiger partial charge in [-0.05, 0) is 6.42 Å². The van der Waals surface area contributed by atoms with Crippen molar-refractivity contribution in [3.05, 3.63) is 0 Å². The highest BCUT2D eigenvalue weighted by Crippen LogP contribution is 2.15. The molecule has 0 saturated carbocycles. The summed E-state index contributed by atoms with van der Waals surface area (Å²) in [5, 5.41) is 17.7. The fourth-order valence-electron chi connectivity index (χ4n) is 3.87. The van der Waals surface area contributed by atoms with E-state index >= 15 is 0 Å². The Hall–Kier alpha value is -0.120. The summed E-state index contributed by atoms with van der Waals surface area (Å²) < 4.78 is 0. The third-order valence-electron chi connectivity index (χ3n) is 5.69. The van der Waals surface area contributed by atoms with Crippen LogP contribution in [0.15, 0.2) is 0 Å². The summed E-state index contributed by atoms with van der Waals surface area (Å²) in [4.78, 5) is 0. The Morgan fingerprint density at radius 1 is 0.519 bits per heavy atom. The van der Waals surface area contributed by atoms with E-state index in [-0.39, 0.29) is 6.04 Å². The maximum absolute atomic E-state index is 8.86. The summed E-state index contributed by atoms with van der Waals surface area (Å²) in [5.74, 6) is 0. The lowest BCUT2D eigenvalue weighted by Gasteiger charge is -2.12. The van der Waals surface area contributed by atoms with Gasteiger partial charge in [0, 0.05) is 12.5 Å². The van der Waals surface area contributed by atoms with Crippen molar-refractivity contribution in [2.45, 2.75) is 154 Å². The van der Waals surface area contributed by atoms with E-state index < -0.39 is 6.29 Å². The number of hydrogen-bond donors (Lipinski definition) is 3. The topological polar surface area (TPSA) is 66.5 Å². The quantitative estimate of drug-likeness (QED) is 0.141. The van der Waals surface area contributed by atoms with Crippen molar-refractivity contribution in [2.24, 2.45) is 5.73 Å². The molecule has 0 saturated heterocycles. The lowest BCUT2D eigenvalue weighted by atomic mass is 10.0. The van der Waals surface area contributed by atoms with Crippen LogP contribution in [-0.2, 0) is 0 Å². The molecule has 0 bridgehead atoms. The van der Waals surface area contributed by atoms with E-state index in [1.807, 2.05) is 0 Å². The van der Waals surface area contributed by atoms with Gasteiger partial charge in [0.1, 0.15) is 0 Å². The summed E-state index contributed by atoms with van der Waals surface area (Å²) in [5.41, 5.74) is 5.83. The average molecular weight is 386 g/mol. The van der Waals surface area contributed by atoms with Gasteiger partial charge >= 0.3 is 0 Å². The highest BCUT2D eigenvalue weighted by atomic mass is 16.5. The van der Waals surface area contributed by atoms with Crippen molar-refractivity contribution in [3.8, 4) is 0 Å². The molecule has 0 spiro atoms. The molecule has 0 fully saturated rings. The van der Waals surface area contributed by atoms with Crippen molar-refractivity contribution >= 4 is 0 Å². The molecule has 3 heteroatoms. The van der Waals surface area contributed by atoms with E-state index in [0.29, 0.717) is 6.42 Å². The van der Waals surface area contributed by atoms with Crippen LogP contribution >= 0.6 is 0 Å². The maximum atomic E-state index is 8.86. The second-order valence-electron chi connectivity index (χ2n) is 8.63. The fourth-order valence-corrected chi connectivity index (χ4v) is 3.87. The SMILES string of the molecule is CCCCCCCCCCCCCCCCCCCCCC(N)CC(O)O. The Bertz CT molecular complexity index is 271. The number of hydrogen-bond acceptors (Lipinski definition) is 3. The van der Waals surface area contributed by atoms with Crippen molar-refractivity contribution in [2.75, 3.05) is 0 Å². The molecule has 0 aliphatic carbocycles. The van der Waals surface area contributed by atoms with Crippen molar-refractivity contribution < 1.29 is 10.2 Å². The highest BCUT2D eigenvalue weighted by Gasteiger charge is 2.06. The Labute approximate surface area is 170 Å². The zero-order chi connectivity index (χ0) is 20.0. The van der Waals surface area contributed by atoms with Crippen LogP contribution in [0.3, 0.4) is 0 Å². The van der Waals surface area contributed by atoms with E-state index in [0.717, 1.165) is 12.8 Å². The van der Waals surface area contributed by atoms with Crippen LogP contribution in [0.25, 0.3) is 0 Å². The average Bonchev–Trinajstić information content (AvgIpc) is 2.63. The first kappa shape index (κ1) is 26.9. The van der Waals surface area contributed by atoms with Gasteiger partial charge in [-0.3, -0.25) is 0 Å². The second kappa shape index (κ2) is 22.2. The van der Waals surface area contributed by atoms with Crippen LogP contribution in [0.1, 0.15) is 142 Å². The number of aliphatic hydroxyl groups excluding tert-OH is 1. The summed E-state index contributed by atoms with van der Waals surface area (Å²) >= 11 is 0. The van der Waals surface area contributed by atoms with Crippen LogP contribution in [0.5, 0.6) is 0 Å². The van der Waals surface area contributed by atoms with Gasteiger partial charge in [-0.25, -0.2) is 0 Å². The van der Waals surface area contributed by atoms with Gasteiger partial charge in [0.2, 0.25) is 0 Å². The molecular formula is C24H51NO2. The molecule has 0 heterocycles. The molecule has 0 aliphatic rings. The highest BCUT2D eigenvalue weighted by molar-refractivity contribution is 4.62. The van der Waals surface area contributed by atoms with Crippen molar-refractivity contribution in [1.29, 1.82) is 0 Å². The van der Waals surface area contributed by atoms with Gasteiger partial charge in [-0.15, -0.1) is 0 Å². The van der Waals surface area contributed by atoms with E-state index in [4.69, 9.17) is 15.9 Å². The molecule has 164 valence electrons. The molecule has 0 aromatic carbocycles. The molecule has 0 amide bonds. The fraction of sp³-hybridized carbons (Fsp3) is 1.00. The van der Waals surface area contributed by atoms with Crippen LogP contribution in [0.2, 0.25) is 0 Å². The van der Waals surface area contributed by atoms with Gasteiger partial charge in [-0.2, -0.15) is 0 Å². The standard InChI is InChI=1S/C24H51NO2/c1-2-3-4-5-6-7-8-9-10-11-12-13-14-15-16-17-18-19-20-21-23(25)22-24(26)27/h23-24,26-27H,2-22,25H2,1H3. The summed E-state index contributed by atoms with van der Waals surface area (Å²) in [6, 6.07) is -0.0594. The largest absolute Gasteiger partial charge is 0.368 e. The summed E-state index contributed by atoms with van der Waals surface area (Å²) in [6.45, 7) is 2.29. The van der Waals surface area contributed by atoms with E-state index in [9.17, 15) is 0 Å². The molecule has 0 aromatic rings. The molecule has 4 N–H and O–H groups in total. The van der Waals surface area contributed by atoms with E-state index in [1.165, 1.54) is 116 Å². The van der Waals surface area contributed by atoms with Gasteiger partial charge < -0.3 is 15.9 Å². The Balaban J connectivity index is 3.05. The minimum Gasteiger partial charge on any atom is -0.368 e. The maximum Gasteiger partial charge on any atom is 0.152 e. The molecule has 1 unspecified atom stereocenters. The lowest BCUT2D eigenvalue weighted by Crippen LogP contribution is -2.25. The predicted octanol–water partition coefficient (Wildman–Crippen LogP) is 6.84. The Morgan fingerprint density at radius 3 is 1.11 bits per heavy atom. The minimum absolute atomic E-state index is 0.0594. The van der Waals surface area contributed by atoms with Gasteiger partial charge in [-0.1, -0.05) is 129 Å². The normalized spacial score (nSPS) is 12.8. The van der Waals surface area contributed by atoms with E-state index in [2.05, 4.69) is 6.92 Å². The van der Waals surface area contributed by atoms with Gasteiger partial charge in [0.15, 0.2) is 6.29 Å². The molecular weight excluding hydrogens is 334 g/mol. The van der Waals surface area contributed by atoms with Crippen molar-refractivity contribution in [3.63, 3.8) is 0 Å². The zero-order valence-electron chi connectivity index (χ0n) is 18.5. The van der Waals surface area contributed by atoms with Crippen LogP contribution in [0, 0.1) is 0 Å². The molecule has 0 radical (unpaired) electrons. The second-order valence-corrected chi connectivity index (χ2v) is 8.63. The first-order valence-electron chi connectivity index (χ1n) is 12.3. The predicted molar refractivity (Wildman–Crippen MR) is 119 cm³/mol. The third kappa shape index (κ3) is 23.8. The van der Waals surface area contributed by atoms with Crippen LogP contribution < -0.4 is 5.73 Å². The molecule has 0 aliphatic heterocycles. The smallest absolute Gasteiger partial charge is 0.152 e. The first-order chi connectivity index (χ1) is 13.2. The monoisotopic (exact) mass is 385 g/mol.